The van der Waals surface area contributed by atoms with Crippen molar-refractivity contribution < 1.29 is 14.0 Å². The number of carbonyl (C=O) groups excluding carboxylic acids is 2. The van der Waals surface area contributed by atoms with Crippen LogP contribution in [0.2, 0.25) is 5.02 Å². The van der Waals surface area contributed by atoms with Crippen LogP contribution in [0.3, 0.4) is 0 Å². The Balaban J connectivity index is 1.69. The van der Waals surface area contributed by atoms with Crippen LogP contribution in [0, 0.1) is 17.8 Å². The molecule has 7 heteroatoms. The third kappa shape index (κ3) is 6.08. The highest BCUT2D eigenvalue weighted by Gasteiger charge is 2.35. The molecule has 1 saturated heterocycles. The molecule has 2 bridgehead atoms. The van der Waals surface area contributed by atoms with Crippen LogP contribution < -0.4 is 10.2 Å². The SMILES string of the molecule is CC(C)C[C@H]1C(=O)C[C@H](C)C[C@@H]2C[C@@H](CCCCc3nc(-c4ccccc4Cl)oc3N1C)NC2=O. The molecule has 1 aromatic carbocycles. The van der Waals surface area contributed by atoms with E-state index >= 15 is 0 Å². The van der Waals surface area contributed by atoms with Gasteiger partial charge in [0, 0.05) is 25.4 Å². The number of benzene rings is 1. The predicted molar refractivity (Wildman–Crippen MR) is 140 cm³/mol. The average Bonchev–Trinajstić information content (AvgIpc) is 3.37. The average molecular weight is 500 g/mol. The number of fused-ring (bicyclic) bond motifs is 3. The first-order chi connectivity index (χ1) is 16.7. The Morgan fingerprint density at radius 2 is 1.97 bits per heavy atom. The number of likely N-dealkylation sites (N-methyl/N-ethyl adjacent to an activating group) is 1. The number of aromatic nitrogens is 1. The molecule has 3 heterocycles. The second kappa shape index (κ2) is 11.2. The molecule has 1 aromatic heterocycles. The number of ketones is 1. The smallest absolute Gasteiger partial charge is 0.230 e. The predicted octanol–water partition coefficient (Wildman–Crippen LogP) is 6.06. The summed E-state index contributed by atoms with van der Waals surface area (Å²) in [7, 11) is 1.95. The normalized spacial score (nSPS) is 26.3. The van der Waals surface area contributed by atoms with Crippen LogP contribution in [0.4, 0.5) is 5.88 Å². The Kier molecular flexibility index (Phi) is 8.20. The van der Waals surface area contributed by atoms with Crippen molar-refractivity contribution in [1.82, 2.24) is 10.3 Å². The molecular weight excluding hydrogens is 462 g/mol. The fraction of sp³-hybridized carbons (Fsp3) is 0.607. The summed E-state index contributed by atoms with van der Waals surface area (Å²) < 4.78 is 6.34. The first kappa shape index (κ1) is 25.7. The quantitative estimate of drug-likeness (QED) is 0.555. The molecule has 4 rings (SSSR count). The zero-order valence-electron chi connectivity index (χ0n) is 21.4. The summed E-state index contributed by atoms with van der Waals surface area (Å²) in [6, 6.07) is 7.47. The number of oxazole rings is 1. The Bertz CT molecular complexity index is 1050. The molecule has 2 aromatic rings. The monoisotopic (exact) mass is 499 g/mol. The molecule has 0 radical (unpaired) electrons. The highest BCUT2D eigenvalue weighted by molar-refractivity contribution is 6.33. The molecule has 2 aliphatic heterocycles. The van der Waals surface area contributed by atoms with Crippen molar-refractivity contribution in [1.29, 1.82) is 0 Å². The number of halogens is 1. The maximum atomic E-state index is 13.6. The second-order valence-electron chi connectivity index (χ2n) is 10.9. The number of aryl methyl sites for hydroxylation is 1. The summed E-state index contributed by atoms with van der Waals surface area (Å²) in [6.45, 7) is 6.37. The van der Waals surface area contributed by atoms with Crippen LogP contribution in [0.15, 0.2) is 28.7 Å². The Hall–Kier alpha value is -2.34. The van der Waals surface area contributed by atoms with E-state index in [9.17, 15) is 9.59 Å². The molecule has 0 spiro atoms. The van der Waals surface area contributed by atoms with Crippen molar-refractivity contribution in [3.8, 4) is 11.5 Å². The van der Waals surface area contributed by atoms with Gasteiger partial charge in [0.05, 0.1) is 16.6 Å². The van der Waals surface area contributed by atoms with E-state index in [1.807, 2.05) is 36.2 Å². The van der Waals surface area contributed by atoms with Crippen LogP contribution in [0.25, 0.3) is 11.5 Å². The molecule has 1 N–H and O–H groups in total. The van der Waals surface area contributed by atoms with Gasteiger partial charge in [-0.3, -0.25) is 9.59 Å². The van der Waals surface area contributed by atoms with Gasteiger partial charge < -0.3 is 14.6 Å². The molecule has 190 valence electrons. The van der Waals surface area contributed by atoms with E-state index < -0.39 is 0 Å². The van der Waals surface area contributed by atoms with Gasteiger partial charge in [-0.15, -0.1) is 0 Å². The maximum Gasteiger partial charge on any atom is 0.230 e. The van der Waals surface area contributed by atoms with Crippen molar-refractivity contribution in [3.63, 3.8) is 0 Å². The van der Waals surface area contributed by atoms with Crippen LogP contribution in [-0.2, 0) is 16.0 Å². The third-order valence-electron chi connectivity index (χ3n) is 7.37. The number of anilines is 1. The van der Waals surface area contributed by atoms with Crippen molar-refractivity contribution in [2.24, 2.45) is 17.8 Å². The summed E-state index contributed by atoms with van der Waals surface area (Å²) >= 11 is 6.45. The number of amides is 1. The summed E-state index contributed by atoms with van der Waals surface area (Å²) in [5.74, 6) is 2.02. The lowest BCUT2D eigenvalue weighted by molar-refractivity contribution is -0.124. The Labute approximate surface area is 213 Å². The Morgan fingerprint density at radius 1 is 1.20 bits per heavy atom. The maximum absolute atomic E-state index is 13.6. The Morgan fingerprint density at radius 3 is 2.71 bits per heavy atom. The minimum absolute atomic E-state index is 0.0171. The fourth-order valence-corrected chi connectivity index (χ4v) is 5.80. The van der Waals surface area contributed by atoms with Crippen molar-refractivity contribution in [2.45, 2.75) is 84.2 Å². The highest BCUT2D eigenvalue weighted by atomic mass is 35.5. The molecule has 2 aliphatic rings. The first-order valence-electron chi connectivity index (χ1n) is 13.0. The van der Waals surface area contributed by atoms with E-state index in [-0.39, 0.29) is 35.6 Å². The van der Waals surface area contributed by atoms with Crippen LogP contribution >= 0.6 is 11.6 Å². The van der Waals surface area contributed by atoms with Gasteiger partial charge in [0.1, 0.15) is 5.69 Å². The van der Waals surface area contributed by atoms with Crippen LogP contribution in [0.1, 0.15) is 71.4 Å². The molecule has 4 atom stereocenters. The van der Waals surface area contributed by atoms with E-state index in [0.717, 1.165) is 56.2 Å². The lowest BCUT2D eigenvalue weighted by Gasteiger charge is -2.29. The largest absolute Gasteiger partial charge is 0.420 e. The zero-order valence-corrected chi connectivity index (χ0v) is 22.1. The lowest BCUT2D eigenvalue weighted by Crippen LogP contribution is -2.40. The fourth-order valence-electron chi connectivity index (χ4n) is 5.58. The molecule has 35 heavy (non-hydrogen) atoms. The molecule has 0 saturated carbocycles. The van der Waals surface area contributed by atoms with Gasteiger partial charge in [-0.1, -0.05) is 50.9 Å². The van der Waals surface area contributed by atoms with Crippen molar-refractivity contribution >= 4 is 29.2 Å². The number of Topliss-reactive ketones (excluding diaryl/α,β-unsaturated/α-hetero) is 1. The van der Waals surface area contributed by atoms with E-state index in [0.29, 0.717) is 29.1 Å². The van der Waals surface area contributed by atoms with E-state index in [2.05, 4.69) is 26.1 Å². The molecule has 1 amide bonds. The van der Waals surface area contributed by atoms with Crippen LogP contribution in [-0.4, -0.2) is 35.8 Å². The molecular formula is C28H38ClN3O3. The van der Waals surface area contributed by atoms with Gasteiger partial charge in [0.15, 0.2) is 5.78 Å². The van der Waals surface area contributed by atoms with Gasteiger partial charge in [-0.25, -0.2) is 4.98 Å². The van der Waals surface area contributed by atoms with E-state index in [1.54, 1.807) is 0 Å². The number of carbonyl (C=O) groups is 2. The van der Waals surface area contributed by atoms with E-state index in [1.165, 1.54) is 0 Å². The summed E-state index contributed by atoms with van der Waals surface area (Å²) in [6.07, 6.45) is 6.47. The lowest BCUT2D eigenvalue weighted by atomic mass is 9.87. The topological polar surface area (TPSA) is 75.4 Å². The van der Waals surface area contributed by atoms with Gasteiger partial charge in [-0.2, -0.15) is 0 Å². The highest BCUT2D eigenvalue weighted by Crippen LogP contribution is 2.35. The number of hydrogen-bond donors (Lipinski definition) is 1. The van der Waals surface area contributed by atoms with Gasteiger partial charge in [0.25, 0.3) is 0 Å². The minimum atomic E-state index is -0.307. The van der Waals surface area contributed by atoms with Crippen LogP contribution in [0.5, 0.6) is 0 Å². The van der Waals surface area contributed by atoms with Gasteiger partial charge >= 0.3 is 0 Å². The first-order valence-corrected chi connectivity index (χ1v) is 13.4. The number of nitrogens with one attached hydrogen (secondary N) is 1. The number of nitrogens with zero attached hydrogens (tertiary/aromatic N) is 2. The molecule has 1 fully saturated rings. The van der Waals surface area contributed by atoms with Crippen molar-refractivity contribution in [3.05, 3.63) is 35.0 Å². The third-order valence-corrected chi connectivity index (χ3v) is 7.70. The number of rotatable bonds is 3. The second-order valence-corrected chi connectivity index (χ2v) is 11.3. The van der Waals surface area contributed by atoms with Crippen molar-refractivity contribution in [2.75, 3.05) is 11.9 Å². The zero-order chi connectivity index (χ0) is 25.1. The van der Waals surface area contributed by atoms with Gasteiger partial charge in [0.2, 0.25) is 17.7 Å². The molecule has 0 unspecified atom stereocenters. The molecule has 0 aliphatic carbocycles. The van der Waals surface area contributed by atoms with Gasteiger partial charge in [-0.05, 0) is 62.5 Å². The molecule has 6 nitrogen and oxygen atoms in total. The van der Waals surface area contributed by atoms with E-state index in [4.69, 9.17) is 21.0 Å². The summed E-state index contributed by atoms with van der Waals surface area (Å²) in [5.41, 5.74) is 1.62. The minimum Gasteiger partial charge on any atom is -0.420 e. The summed E-state index contributed by atoms with van der Waals surface area (Å²) in [4.78, 5) is 33.0. The standard InChI is InChI=1S/C28H38ClN3O3/c1-17(2)13-24-25(33)15-18(3)14-19-16-20(30-26(19)34)9-5-8-12-23-28(32(24)4)35-27(31-23)21-10-6-7-11-22(21)29/h6-7,10-11,17-20,24H,5,8-9,12-16H2,1-4H3,(H,30,34)/t18-,19-,20-,24+/m1/s1. The number of hydrogen-bond acceptors (Lipinski definition) is 5. The summed E-state index contributed by atoms with van der Waals surface area (Å²) in [5, 5.41) is 3.77.